The lowest BCUT2D eigenvalue weighted by Gasteiger charge is -2.16. The summed E-state index contributed by atoms with van der Waals surface area (Å²) >= 11 is 3.43. The number of nitrogens with one attached hydrogen (secondary N) is 2. The van der Waals surface area contributed by atoms with Gasteiger partial charge in [0.05, 0.1) is 12.8 Å². The fourth-order valence-electron chi connectivity index (χ4n) is 2.65. The van der Waals surface area contributed by atoms with Crippen molar-refractivity contribution in [1.29, 1.82) is 0 Å². The molecule has 1 atom stereocenters. The lowest BCUT2D eigenvalue weighted by molar-refractivity contribution is -0.123. The average molecular weight is 462 g/mol. The number of amides is 2. The molecule has 29 heavy (non-hydrogen) atoms. The molecule has 2 amide bonds. The molecule has 1 heterocycles. The van der Waals surface area contributed by atoms with E-state index in [2.05, 4.69) is 31.8 Å². The topological polar surface area (TPSA) is 98.2 Å². The van der Waals surface area contributed by atoms with Gasteiger partial charge in [-0.05, 0) is 40.5 Å². The fourth-order valence-corrected chi connectivity index (χ4v) is 3.07. The van der Waals surface area contributed by atoms with Crippen molar-refractivity contribution < 1.29 is 23.8 Å². The van der Waals surface area contributed by atoms with Gasteiger partial charge in [0, 0.05) is 16.5 Å². The normalized spacial score (nSPS) is 13.2. The van der Waals surface area contributed by atoms with E-state index in [1.807, 2.05) is 30.3 Å². The second-order valence-electron chi connectivity index (χ2n) is 6.07. The van der Waals surface area contributed by atoms with E-state index in [1.165, 1.54) is 6.21 Å². The monoisotopic (exact) mass is 461 g/mol. The molecule has 0 aromatic heterocycles. The molecule has 0 saturated carbocycles. The lowest BCUT2D eigenvalue weighted by atomic mass is 10.1. The summed E-state index contributed by atoms with van der Waals surface area (Å²) in [4.78, 5) is 24.4. The molecule has 2 N–H and O–H groups in total. The van der Waals surface area contributed by atoms with Crippen LogP contribution in [0.5, 0.6) is 11.5 Å². The summed E-state index contributed by atoms with van der Waals surface area (Å²) in [5.74, 6) is 0.779. The van der Waals surface area contributed by atoms with E-state index in [0.29, 0.717) is 23.5 Å². The van der Waals surface area contributed by atoms with Crippen molar-refractivity contribution in [2.75, 3.05) is 13.4 Å². The van der Waals surface area contributed by atoms with E-state index in [1.54, 1.807) is 19.1 Å². The minimum atomic E-state index is -0.839. The van der Waals surface area contributed by atoms with Gasteiger partial charge in [-0.2, -0.15) is 5.10 Å². The first kappa shape index (κ1) is 20.7. The van der Waals surface area contributed by atoms with Crippen molar-refractivity contribution in [2.24, 2.45) is 5.10 Å². The van der Waals surface area contributed by atoms with E-state index < -0.39 is 18.0 Å². The molecule has 0 spiro atoms. The highest BCUT2D eigenvalue weighted by Gasteiger charge is 2.22. The summed E-state index contributed by atoms with van der Waals surface area (Å²) in [7, 11) is 0. The minimum absolute atomic E-state index is 0.166. The third kappa shape index (κ3) is 5.71. The minimum Gasteiger partial charge on any atom is -0.454 e. The Balaban J connectivity index is 1.67. The molecule has 9 heteroatoms. The number of nitrogens with zero attached hydrogens (tertiary/aromatic N) is 1. The number of carbonyl (C=O) groups is 2. The van der Waals surface area contributed by atoms with Gasteiger partial charge in [-0.3, -0.25) is 4.79 Å². The molecule has 0 radical (unpaired) electrons. The number of alkyl carbamates (subject to hydrolysis) is 1. The molecule has 0 saturated heterocycles. The molecule has 0 aliphatic carbocycles. The maximum Gasteiger partial charge on any atom is 0.407 e. The van der Waals surface area contributed by atoms with Crippen LogP contribution in [0, 0.1) is 0 Å². The molecular formula is C20H20BrN3O5. The number of rotatable bonds is 7. The molecule has 1 aliphatic rings. The molecule has 2 aromatic rings. The molecule has 3 rings (SSSR count). The molecule has 8 nitrogen and oxygen atoms in total. The predicted octanol–water partition coefficient (Wildman–Crippen LogP) is 2.99. The van der Waals surface area contributed by atoms with Gasteiger partial charge < -0.3 is 19.5 Å². The second kappa shape index (κ2) is 9.92. The Hall–Kier alpha value is -3.07. The summed E-state index contributed by atoms with van der Waals surface area (Å²) in [5, 5.41) is 6.57. The van der Waals surface area contributed by atoms with Gasteiger partial charge >= 0.3 is 6.09 Å². The highest BCUT2D eigenvalue weighted by atomic mass is 79.9. The van der Waals surface area contributed by atoms with Crippen molar-refractivity contribution >= 4 is 34.1 Å². The van der Waals surface area contributed by atoms with E-state index >= 15 is 0 Å². The van der Waals surface area contributed by atoms with Crippen LogP contribution in [0.2, 0.25) is 0 Å². The van der Waals surface area contributed by atoms with E-state index in [9.17, 15) is 9.59 Å². The van der Waals surface area contributed by atoms with Gasteiger partial charge in [-0.15, -0.1) is 0 Å². The second-order valence-corrected chi connectivity index (χ2v) is 6.92. The molecule has 1 aliphatic heterocycles. The summed E-state index contributed by atoms with van der Waals surface area (Å²) in [5.41, 5.74) is 4.06. The number of hydrazone groups is 1. The molecule has 0 unspecified atom stereocenters. The maximum atomic E-state index is 12.6. The lowest BCUT2D eigenvalue weighted by Crippen LogP contribution is -2.47. The SMILES string of the molecule is CCOC(=O)N[C@@H](Cc1ccccc1)C(=O)N/N=C\c1cc2c(cc1Br)OCO2. The Labute approximate surface area is 176 Å². The van der Waals surface area contributed by atoms with Crippen LogP contribution in [-0.2, 0) is 16.0 Å². The van der Waals surface area contributed by atoms with Crippen molar-refractivity contribution in [3.05, 3.63) is 58.1 Å². The zero-order valence-corrected chi connectivity index (χ0v) is 17.3. The average Bonchev–Trinajstić information content (AvgIpc) is 3.15. The van der Waals surface area contributed by atoms with Crippen LogP contribution >= 0.6 is 15.9 Å². The van der Waals surface area contributed by atoms with E-state index in [-0.39, 0.29) is 13.4 Å². The van der Waals surface area contributed by atoms with Crippen LogP contribution in [0.3, 0.4) is 0 Å². The van der Waals surface area contributed by atoms with Crippen molar-refractivity contribution in [2.45, 2.75) is 19.4 Å². The van der Waals surface area contributed by atoms with Crippen LogP contribution < -0.4 is 20.2 Å². The largest absolute Gasteiger partial charge is 0.454 e. The zero-order chi connectivity index (χ0) is 20.6. The first-order chi connectivity index (χ1) is 14.1. The standard InChI is InChI=1S/C20H20BrN3O5/c1-2-27-20(26)23-16(8-13-6-4-3-5-7-13)19(25)24-22-11-14-9-17-18(10-15(14)21)29-12-28-17/h3-7,9-11,16H,2,8,12H2,1H3,(H,23,26)(H,24,25)/b22-11-/t16-/m0/s1. The molecule has 0 bridgehead atoms. The van der Waals surface area contributed by atoms with Gasteiger partial charge in [0.2, 0.25) is 6.79 Å². The van der Waals surface area contributed by atoms with Gasteiger partial charge in [-0.1, -0.05) is 30.3 Å². The molecule has 152 valence electrons. The van der Waals surface area contributed by atoms with Gasteiger partial charge in [0.1, 0.15) is 6.04 Å². The third-order valence-electron chi connectivity index (χ3n) is 4.04. The summed E-state index contributed by atoms with van der Waals surface area (Å²) in [6.45, 7) is 2.07. The number of hydrogen-bond acceptors (Lipinski definition) is 6. The van der Waals surface area contributed by atoms with Crippen LogP contribution in [0.15, 0.2) is 52.0 Å². The predicted molar refractivity (Wildman–Crippen MR) is 110 cm³/mol. The number of fused-ring (bicyclic) bond motifs is 1. The Bertz CT molecular complexity index is 904. The smallest absolute Gasteiger partial charge is 0.407 e. The number of carbonyl (C=O) groups excluding carboxylic acids is 2. The molecule has 0 fully saturated rings. The van der Waals surface area contributed by atoms with E-state index in [0.717, 1.165) is 10.0 Å². The Kier molecular flexibility index (Phi) is 7.07. The van der Waals surface area contributed by atoms with Crippen LogP contribution in [-0.4, -0.2) is 37.7 Å². The number of halogens is 1. The third-order valence-corrected chi connectivity index (χ3v) is 4.72. The quantitative estimate of drug-likeness (QED) is 0.487. The Morgan fingerprint density at radius 3 is 2.69 bits per heavy atom. The molecule has 2 aromatic carbocycles. The summed E-state index contributed by atoms with van der Waals surface area (Å²) < 4.78 is 16.3. The summed E-state index contributed by atoms with van der Waals surface area (Å²) in [6, 6.07) is 12.0. The van der Waals surface area contributed by atoms with Crippen molar-refractivity contribution in [3.8, 4) is 11.5 Å². The first-order valence-corrected chi connectivity index (χ1v) is 9.75. The number of ether oxygens (including phenoxy) is 3. The number of hydrogen-bond donors (Lipinski definition) is 2. The van der Waals surface area contributed by atoms with Crippen molar-refractivity contribution in [3.63, 3.8) is 0 Å². The highest BCUT2D eigenvalue weighted by Crippen LogP contribution is 2.36. The first-order valence-electron chi connectivity index (χ1n) is 8.96. The Morgan fingerprint density at radius 2 is 1.97 bits per heavy atom. The van der Waals surface area contributed by atoms with Gasteiger partial charge in [0.25, 0.3) is 5.91 Å². The molecular weight excluding hydrogens is 442 g/mol. The van der Waals surface area contributed by atoms with Crippen LogP contribution in [0.1, 0.15) is 18.1 Å². The maximum absolute atomic E-state index is 12.6. The highest BCUT2D eigenvalue weighted by molar-refractivity contribution is 9.10. The van der Waals surface area contributed by atoms with Crippen molar-refractivity contribution in [1.82, 2.24) is 10.7 Å². The van der Waals surface area contributed by atoms with Gasteiger partial charge in [-0.25, -0.2) is 10.2 Å². The van der Waals surface area contributed by atoms with Crippen LogP contribution in [0.25, 0.3) is 0 Å². The number of benzene rings is 2. The Morgan fingerprint density at radius 1 is 1.24 bits per heavy atom. The van der Waals surface area contributed by atoms with Gasteiger partial charge in [0.15, 0.2) is 11.5 Å². The fraction of sp³-hybridized carbons (Fsp3) is 0.250. The zero-order valence-electron chi connectivity index (χ0n) is 15.7. The van der Waals surface area contributed by atoms with E-state index in [4.69, 9.17) is 14.2 Å². The van der Waals surface area contributed by atoms with Crippen LogP contribution in [0.4, 0.5) is 4.79 Å². The summed E-state index contributed by atoms with van der Waals surface area (Å²) in [6.07, 6.45) is 1.12.